The van der Waals surface area contributed by atoms with E-state index in [-0.39, 0.29) is 0 Å². The highest BCUT2D eigenvalue weighted by molar-refractivity contribution is 5.46. The molecule has 0 radical (unpaired) electrons. The number of nitrogens with zero attached hydrogens (tertiary/aromatic N) is 1. The molecular formula is C16H27N3. The Bertz CT molecular complexity index is 391. The minimum atomic E-state index is 0.369. The number of nitrogens with one attached hydrogen (secondary N) is 1. The Labute approximate surface area is 117 Å². The predicted octanol–water partition coefficient (Wildman–Crippen LogP) is 3.53. The minimum Gasteiger partial charge on any atom is -0.398 e. The molecule has 1 fully saturated rings. The number of hydrogen-bond donors (Lipinski definition) is 2. The van der Waals surface area contributed by atoms with Gasteiger partial charge in [-0.2, -0.15) is 0 Å². The quantitative estimate of drug-likeness (QED) is 0.852. The summed E-state index contributed by atoms with van der Waals surface area (Å²) in [6, 6.07) is 2.29. The van der Waals surface area contributed by atoms with Crippen LogP contribution in [0.5, 0.6) is 0 Å². The Hall–Kier alpha value is -1.09. The molecule has 3 N–H and O–H groups in total. The normalized spacial score (nSPS) is 25.2. The van der Waals surface area contributed by atoms with Crippen molar-refractivity contribution in [2.45, 2.75) is 52.0 Å². The molecule has 1 aromatic rings. The SMILES string of the molecule is CCNC(c1cnccc1N)C1CCCC(CC)C1. The fourth-order valence-electron chi connectivity index (χ4n) is 3.43. The second-order valence-corrected chi connectivity index (χ2v) is 5.74. The summed E-state index contributed by atoms with van der Waals surface area (Å²) in [4.78, 5) is 4.26. The molecule has 2 rings (SSSR count). The van der Waals surface area contributed by atoms with E-state index in [1.807, 2.05) is 12.3 Å². The number of nitrogen functional groups attached to an aromatic ring is 1. The Morgan fingerprint density at radius 1 is 1.42 bits per heavy atom. The summed E-state index contributed by atoms with van der Waals surface area (Å²) in [6.45, 7) is 5.46. The van der Waals surface area contributed by atoms with Crippen molar-refractivity contribution in [3.05, 3.63) is 24.0 Å². The van der Waals surface area contributed by atoms with Gasteiger partial charge in [-0.3, -0.25) is 4.98 Å². The maximum absolute atomic E-state index is 6.15. The zero-order chi connectivity index (χ0) is 13.7. The van der Waals surface area contributed by atoms with Gasteiger partial charge in [-0.1, -0.05) is 33.1 Å². The van der Waals surface area contributed by atoms with Crippen LogP contribution in [0.25, 0.3) is 0 Å². The molecular weight excluding hydrogens is 234 g/mol. The van der Waals surface area contributed by atoms with Crippen LogP contribution in [0.1, 0.15) is 57.6 Å². The van der Waals surface area contributed by atoms with Crippen molar-refractivity contribution in [3.63, 3.8) is 0 Å². The Kier molecular flexibility index (Phi) is 5.20. The molecule has 3 heteroatoms. The summed E-state index contributed by atoms with van der Waals surface area (Å²) < 4.78 is 0. The molecule has 0 aliphatic heterocycles. The maximum atomic E-state index is 6.15. The highest BCUT2D eigenvalue weighted by atomic mass is 14.9. The molecule has 1 heterocycles. The van der Waals surface area contributed by atoms with E-state index in [1.54, 1.807) is 6.20 Å². The third-order valence-corrected chi connectivity index (χ3v) is 4.52. The van der Waals surface area contributed by atoms with Crippen LogP contribution >= 0.6 is 0 Å². The second-order valence-electron chi connectivity index (χ2n) is 5.74. The van der Waals surface area contributed by atoms with Crippen molar-refractivity contribution in [1.29, 1.82) is 0 Å². The lowest BCUT2D eigenvalue weighted by Crippen LogP contribution is -2.32. The topological polar surface area (TPSA) is 50.9 Å². The van der Waals surface area contributed by atoms with Crippen LogP contribution in [-0.4, -0.2) is 11.5 Å². The van der Waals surface area contributed by atoms with E-state index < -0.39 is 0 Å². The van der Waals surface area contributed by atoms with E-state index in [2.05, 4.69) is 24.1 Å². The van der Waals surface area contributed by atoms with Crippen molar-refractivity contribution < 1.29 is 0 Å². The molecule has 1 aliphatic rings. The Balaban J connectivity index is 2.17. The Morgan fingerprint density at radius 2 is 2.26 bits per heavy atom. The third kappa shape index (κ3) is 3.47. The molecule has 0 amide bonds. The molecule has 19 heavy (non-hydrogen) atoms. The summed E-state index contributed by atoms with van der Waals surface area (Å²) in [7, 11) is 0. The highest BCUT2D eigenvalue weighted by Gasteiger charge is 2.29. The summed E-state index contributed by atoms with van der Waals surface area (Å²) in [5, 5.41) is 3.63. The zero-order valence-corrected chi connectivity index (χ0v) is 12.2. The number of nitrogens with two attached hydrogens (primary N) is 1. The number of pyridine rings is 1. The first-order valence-electron chi connectivity index (χ1n) is 7.69. The predicted molar refractivity (Wildman–Crippen MR) is 80.8 cm³/mol. The second kappa shape index (κ2) is 6.90. The minimum absolute atomic E-state index is 0.369. The van der Waals surface area contributed by atoms with Crippen LogP contribution in [0.15, 0.2) is 18.5 Å². The first-order chi connectivity index (χ1) is 9.26. The monoisotopic (exact) mass is 261 g/mol. The Morgan fingerprint density at radius 3 is 2.95 bits per heavy atom. The van der Waals surface area contributed by atoms with Gasteiger partial charge in [0.25, 0.3) is 0 Å². The van der Waals surface area contributed by atoms with Crippen molar-refractivity contribution in [2.75, 3.05) is 12.3 Å². The molecule has 3 atom stereocenters. The lowest BCUT2D eigenvalue weighted by molar-refractivity contribution is 0.211. The van der Waals surface area contributed by atoms with Crippen molar-refractivity contribution >= 4 is 5.69 Å². The fourth-order valence-corrected chi connectivity index (χ4v) is 3.43. The number of anilines is 1. The summed E-state index contributed by atoms with van der Waals surface area (Å²) >= 11 is 0. The molecule has 1 saturated carbocycles. The molecule has 0 aromatic carbocycles. The van der Waals surface area contributed by atoms with Gasteiger partial charge in [-0.25, -0.2) is 0 Å². The van der Waals surface area contributed by atoms with Crippen LogP contribution in [0.3, 0.4) is 0 Å². The van der Waals surface area contributed by atoms with E-state index in [0.717, 1.165) is 18.2 Å². The van der Waals surface area contributed by atoms with Gasteiger partial charge < -0.3 is 11.1 Å². The van der Waals surface area contributed by atoms with Gasteiger partial charge >= 0.3 is 0 Å². The zero-order valence-electron chi connectivity index (χ0n) is 12.2. The van der Waals surface area contributed by atoms with Gasteiger partial charge in [0.1, 0.15) is 0 Å². The first-order valence-corrected chi connectivity index (χ1v) is 7.69. The van der Waals surface area contributed by atoms with E-state index >= 15 is 0 Å². The summed E-state index contributed by atoms with van der Waals surface area (Å²) in [6.07, 6.45) is 10.4. The molecule has 1 aromatic heterocycles. The van der Waals surface area contributed by atoms with Gasteiger partial charge in [-0.05, 0) is 37.3 Å². The third-order valence-electron chi connectivity index (χ3n) is 4.52. The van der Waals surface area contributed by atoms with Gasteiger partial charge in [0, 0.05) is 29.7 Å². The number of hydrogen-bond acceptors (Lipinski definition) is 3. The number of rotatable bonds is 5. The summed E-state index contributed by atoms with van der Waals surface area (Å²) in [5.41, 5.74) is 8.21. The van der Waals surface area contributed by atoms with Crippen molar-refractivity contribution in [1.82, 2.24) is 10.3 Å². The van der Waals surface area contributed by atoms with E-state index in [9.17, 15) is 0 Å². The maximum Gasteiger partial charge on any atom is 0.0393 e. The lowest BCUT2D eigenvalue weighted by Gasteiger charge is -2.35. The fraction of sp³-hybridized carbons (Fsp3) is 0.688. The van der Waals surface area contributed by atoms with Crippen molar-refractivity contribution in [2.24, 2.45) is 11.8 Å². The van der Waals surface area contributed by atoms with Crippen LogP contribution in [0, 0.1) is 11.8 Å². The summed E-state index contributed by atoms with van der Waals surface area (Å²) in [5.74, 6) is 1.59. The van der Waals surface area contributed by atoms with Crippen LogP contribution < -0.4 is 11.1 Å². The van der Waals surface area contributed by atoms with Gasteiger partial charge in [0.15, 0.2) is 0 Å². The average molecular weight is 261 g/mol. The smallest absolute Gasteiger partial charge is 0.0393 e. The standard InChI is InChI=1S/C16H27N3/c1-3-12-6-5-7-13(10-12)16(19-4-2)14-11-18-9-8-15(14)17/h8-9,11-13,16,19H,3-7,10H2,1-2H3,(H2,17,18). The lowest BCUT2D eigenvalue weighted by atomic mass is 9.75. The van der Waals surface area contributed by atoms with Gasteiger partial charge in [0.2, 0.25) is 0 Å². The van der Waals surface area contributed by atoms with Gasteiger partial charge in [-0.15, -0.1) is 0 Å². The van der Waals surface area contributed by atoms with Gasteiger partial charge in [0.05, 0.1) is 0 Å². The van der Waals surface area contributed by atoms with Crippen LogP contribution in [-0.2, 0) is 0 Å². The molecule has 106 valence electrons. The first kappa shape index (κ1) is 14.3. The molecule has 0 saturated heterocycles. The molecule has 0 bridgehead atoms. The molecule has 3 nitrogen and oxygen atoms in total. The van der Waals surface area contributed by atoms with E-state index in [0.29, 0.717) is 12.0 Å². The largest absolute Gasteiger partial charge is 0.398 e. The molecule has 3 unspecified atom stereocenters. The van der Waals surface area contributed by atoms with E-state index in [4.69, 9.17) is 5.73 Å². The van der Waals surface area contributed by atoms with Crippen LogP contribution in [0.4, 0.5) is 5.69 Å². The van der Waals surface area contributed by atoms with Crippen LogP contribution in [0.2, 0.25) is 0 Å². The van der Waals surface area contributed by atoms with E-state index in [1.165, 1.54) is 37.7 Å². The molecule has 0 spiro atoms. The average Bonchev–Trinajstić information content (AvgIpc) is 2.46. The number of aromatic nitrogens is 1. The highest BCUT2D eigenvalue weighted by Crippen LogP contribution is 2.39. The molecule has 1 aliphatic carbocycles. The van der Waals surface area contributed by atoms with Crippen molar-refractivity contribution in [3.8, 4) is 0 Å².